The fourth-order valence-corrected chi connectivity index (χ4v) is 2.75. The topological polar surface area (TPSA) is 45.1 Å². The lowest BCUT2D eigenvalue weighted by atomic mass is 10.1. The lowest BCUT2D eigenvalue weighted by Gasteiger charge is -2.20. The molecule has 20 heavy (non-hydrogen) atoms. The van der Waals surface area contributed by atoms with Crippen LogP contribution in [0.15, 0.2) is 42.0 Å². The van der Waals surface area contributed by atoms with Crippen LogP contribution in [0.4, 0.5) is 5.69 Å². The molecule has 0 radical (unpaired) electrons. The SMILES string of the molecule is C#Cc1ncn2c1CC1=C(C)NNN1c1ccccc1-2. The van der Waals surface area contributed by atoms with Gasteiger partial charge in [-0.15, -0.1) is 12.0 Å². The summed E-state index contributed by atoms with van der Waals surface area (Å²) in [6.07, 6.45) is 8.11. The third kappa shape index (κ3) is 1.34. The van der Waals surface area contributed by atoms with Crippen molar-refractivity contribution in [1.29, 1.82) is 0 Å². The molecule has 0 spiro atoms. The molecule has 4 rings (SSSR count). The zero-order chi connectivity index (χ0) is 13.7. The average Bonchev–Trinajstić information content (AvgIpc) is 3.01. The van der Waals surface area contributed by atoms with Crippen molar-refractivity contribution in [1.82, 2.24) is 20.5 Å². The van der Waals surface area contributed by atoms with Crippen LogP contribution in [-0.4, -0.2) is 9.55 Å². The first-order valence-corrected chi connectivity index (χ1v) is 6.43. The molecule has 2 aliphatic rings. The van der Waals surface area contributed by atoms with E-state index in [4.69, 9.17) is 6.42 Å². The van der Waals surface area contributed by atoms with Gasteiger partial charge in [0.15, 0.2) is 0 Å². The molecule has 3 heterocycles. The van der Waals surface area contributed by atoms with Gasteiger partial charge in [-0.1, -0.05) is 12.1 Å². The summed E-state index contributed by atoms with van der Waals surface area (Å²) in [7, 11) is 0. The smallest absolute Gasteiger partial charge is 0.134 e. The van der Waals surface area contributed by atoms with Gasteiger partial charge in [0, 0.05) is 12.1 Å². The molecule has 0 saturated carbocycles. The molecular formula is C15H13N5. The van der Waals surface area contributed by atoms with Gasteiger partial charge in [0.2, 0.25) is 0 Å². The first-order chi connectivity index (χ1) is 9.79. The maximum atomic E-state index is 5.57. The average molecular weight is 263 g/mol. The van der Waals surface area contributed by atoms with Crippen molar-refractivity contribution in [2.45, 2.75) is 13.3 Å². The van der Waals surface area contributed by atoms with Crippen molar-refractivity contribution in [3.8, 4) is 18.0 Å². The number of rotatable bonds is 0. The number of nitrogens with zero attached hydrogens (tertiary/aromatic N) is 3. The highest BCUT2D eigenvalue weighted by molar-refractivity contribution is 5.69. The Hall–Kier alpha value is -2.71. The van der Waals surface area contributed by atoms with Crippen LogP contribution in [0.2, 0.25) is 0 Å². The summed E-state index contributed by atoms with van der Waals surface area (Å²) < 4.78 is 2.07. The third-order valence-corrected chi connectivity index (χ3v) is 3.78. The molecule has 5 heteroatoms. The van der Waals surface area contributed by atoms with Crippen molar-refractivity contribution in [2.75, 3.05) is 5.01 Å². The molecule has 0 bridgehead atoms. The molecule has 2 aliphatic heterocycles. The van der Waals surface area contributed by atoms with E-state index in [-0.39, 0.29) is 0 Å². The Balaban J connectivity index is 2.05. The van der Waals surface area contributed by atoms with Gasteiger partial charge in [0.25, 0.3) is 0 Å². The number of benzene rings is 1. The molecule has 0 aliphatic carbocycles. The summed E-state index contributed by atoms with van der Waals surface area (Å²) in [4.78, 5) is 4.34. The van der Waals surface area contributed by atoms with Crippen LogP contribution < -0.4 is 16.0 Å². The second-order valence-electron chi connectivity index (χ2n) is 4.86. The van der Waals surface area contributed by atoms with E-state index in [1.165, 1.54) is 0 Å². The first-order valence-electron chi connectivity index (χ1n) is 6.43. The van der Waals surface area contributed by atoms with Gasteiger partial charge in [-0.3, -0.25) is 9.58 Å². The van der Waals surface area contributed by atoms with Gasteiger partial charge in [0.05, 0.1) is 22.8 Å². The molecule has 2 aromatic rings. The van der Waals surface area contributed by atoms with E-state index in [1.807, 2.05) is 19.1 Å². The van der Waals surface area contributed by atoms with Crippen LogP contribution >= 0.6 is 0 Å². The van der Waals surface area contributed by atoms with Gasteiger partial charge < -0.3 is 5.43 Å². The molecular weight excluding hydrogens is 250 g/mol. The van der Waals surface area contributed by atoms with Gasteiger partial charge in [-0.05, 0) is 25.0 Å². The van der Waals surface area contributed by atoms with Crippen LogP contribution in [0, 0.1) is 12.3 Å². The Morgan fingerprint density at radius 1 is 1.30 bits per heavy atom. The summed E-state index contributed by atoms with van der Waals surface area (Å²) >= 11 is 0. The number of allylic oxidation sites excluding steroid dienone is 2. The normalized spacial score (nSPS) is 15.9. The molecule has 0 saturated heterocycles. The number of hydrazine groups is 2. The van der Waals surface area contributed by atoms with Crippen molar-refractivity contribution < 1.29 is 0 Å². The highest BCUT2D eigenvalue weighted by atomic mass is 15.7. The summed E-state index contributed by atoms with van der Waals surface area (Å²) in [6, 6.07) is 8.19. The van der Waals surface area contributed by atoms with E-state index in [0.717, 1.165) is 34.9 Å². The fraction of sp³-hybridized carbons (Fsp3) is 0.133. The molecule has 0 fully saturated rings. The summed E-state index contributed by atoms with van der Waals surface area (Å²) in [5.74, 6) is 2.67. The lowest BCUT2D eigenvalue weighted by Crippen LogP contribution is -2.38. The monoisotopic (exact) mass is 263 g/mol. The quantitative estimate of drug-likeness (QED) is 0.707. The maximum absolute atomic E-state index is 5.57. The van der Waals surface area contributed by atoms with Crippen molar-refractivity contribution in [2.24, 2.45) is 0 Å². The van der Waals surface area contributed by atoms with Gasteiger partial charge in [0.1, 0.15) is 12.0 Å². The number of anilines is 1. The van der Waals surface area contributed by atoms with E-state index in [0.29, 0.717) is 5.69 Å². The molecule has 98 valence electrons. The van der Waals surface area contributed by atoms with Crippen molar-refractivity contribution in [3.05, 3.63) is 53.4 Å². The van der Waals surface area contributed by atoms with E-state index < -0.39 is 0 Å². The van der Waals surface area contributed by atoms with Crippen molar-refractivity contribution >= 4 is 5.69 Å². The van der Waals surface area contributed by atoms with Gasteiger partial charge >= 0.3 is 0 Å². The number of hydrogen-bond donors (Lipinski definition) is 2. The van der Waals surface area contributed by atoms with Crippen LogP contribution in [0.5, 0.6) is 0 Å². The Kier molecular flexibility index (Phi) is 2.17. The Morgan fingerprint density at radius 2 is 2.10 bits per heavy atom. The molecule has 0 amide bonds. The van der Waals surface area contributed by atoms with Gasteiger partial charge in [-0.2, -0.15) is 0 Å². The Morgan fingerprint density at radius 3 is 2.90 bits per heavy atom. The minimum Gasteiger partial charge on any atom is -0.306 e. The number of fused-ring (bicyclic) bond motifs is 5. The number of aromatic nitrogens is 2. The molecule has 1 aromatic carbocycles. The molecule has 5 nitrogen and oxygen atoms in total. The Bertz CT molecular complexity index is 778. The predicted octanol–water partition coefficient (Wildman–Crippen LogP) is 1.47. The van der Waals surface area contributed by atoms with E-state index in [2.05, 4.69) is 43.6 Å². The highest BCUT2D eigenvalue weighted by Crippen LogP contribution is 2.35. The lowest BCUT2D eigenvalue weighted by molar-refractivity contribution is 0.653. The van der Waals surface area contributed by atoms with E-state index in [9.17, 15) is 0 Å². The second-order valence-corrected chi connectivity index (χ2v) is 4.86. The highest BCUT2D eigenvalue weighted by Gasteiger charge is 2.29. The molecule has 2 N–H and O–H groups in total. The minimum absolute atomic E-state index is 0.703. The third-order valence-electron chi connectivity index (χ3n) is 3.78. The van der Waals surface area contributed by atoms with E-state index >= 15 is 0 Å². The van der Waals surface area contributed by atoms with E-state index in [1.54, 1.807) is 6.33 Å². The van der Waals surface area contributed by atoms with Crippen LogP contribution in [0.25, 0.3) is 5.69 Å². The largest absolute Gasteiger partial charge is 0.306 e. The maximum Gasteiger partial charge on any atom is 0.134 e. The van der Waals surface area contributed by atoms with Crippen LogP contribution in [-0.2, 0) is 6.42 Å². The number of terminal acetylenes is 1. The Labute approximate surface area is 116 Å². The standard InChI is InChI=1S/C15H13N5/c1-3-11-15-8-14-10(2)17-18-20(14)13-7-5-4-6-12(13)19(15)9-16-11/h1,4-7,9,17-18H,8H2,2H3. The zero-order valence-electron chi connectivity index (χ0n) is 11.0. The number of hydrogen-bond acceptors (Lipinski definition) is 4. The molecule has 0 unspecified atom stereocenters. The molecule has 0 atom stereocenters. The van der Waals surface area contributed by atoms with Gasteiger partial charge in [-0.25, -0.2) is 4.98 Å². The first kappa shape index (κ1) is 11.1. The minimum atomic E-state index is 0.703. The molecule has 1 aromatic heterocycles. The fourth-order valence-electron chi connectivity index (χ4n) is 2.75. The zero-order valence-corrected chi connectivity index (χ0v) is 11.0. The summed E-state index contributed by atoms with van der Waals surface area (Å²) in [5, 5.41) is 2.07. The van der Waals surface area contributed by atoms with Crippen LogP contribution in [0.3, 0.4) is 0 Å². The number of nitrogens with one attached hydrogen (secondary N) is 2. The summed E-state index contributed by atoms with van der Waals surface area (Å²) in [6.45, 7) is 2.05. The summed E-state index contributed by atoms with van der Waals surface area (Å²) in [5.41, 5.74) is 12.5. The van der Waals surface area contributed by atoms with Crippen molar-refractivity contribution in [3.63, 3.8) is 0 Å². The predicted molar refractivity (Wildman–Crippen MR) is 76.7 cm³/mol. The number of imidazole rings is 1. The van der Waals surface area contributed by atoms with Crippen LogP contribution in [0.1, 0.15) is 18.3 Å². The second kappa shape index (κ2) is 3.89. The number of para-hydroxylation sites is 2.